The number of anilines is 1. The van der Waals surface area contributed by atoms with E-state index in [0.717, 1.165) is 18.9 Å². The number of aromatic nitrogens is 1. The molecule has 156 valence electrons. The fraction of sp³-hybridized carbons (Fsp3) is 0.389. The summed E-state index contributed by atoms with van der Waals surface area (Å²) < 4.78 is 48.4. The lowest BCUT2D eigenvalue weighted by molar-refractivity contribution is 0.0898. The first-order chi connectivity index (χ1) is 13.7. The molecule has 2 atom stereocenters. The van der Waals surface area contributed by atoms with Crippen LogP contribution in [0.5, 0.6) is 5.75 Å². The molecular formula is C18H19ClFN3O5S. The standard InChI is InChI=1S/C18H19ClFN3O5S/c1-23-7-14-17(15(23)18(25)21-10-4-5-12(20)11(19)6-10)28-8-13(22-29(14,26)27)16(24)9-2-3-9/h4-7,9,13,16,22,24H,2-3,8H2,1H3,(H,21,25). The van der Waals surface area contributed by atoms with Crippen LogP contribution in [0.25, 0.3) is 0 Å². The molecular weight excluding hydrogens is 425 g/mol. The van der Waals surface area contributed by atoms with Crippen molar-refractivity contribution in [3.63, 3.8) is 0 Å². The van der Waals surface area contributed by atoms with Crippen molar-refractivity contribution >= 4 is 33.2 Å². The summed E-state index contributed by atoms with van der Waals surface area (Å²) in [5, 5.41) is 12.7. The number of aliphatic hydroxyl groups is 1. The van der Waals surface area contributed by atoms with Crippen LogP contribution in [0, 0.1) is 11.7 Å². The van der Waals surface area contributed by atoms with Crippen LogP contribution in [0.15, 0.2) is 29.3 Å². The number of sulfonamides is 1. The number of aryl methyl sites for hydroxylation is 1. The van der Waals surface area contributed by atoms with Gasteiger partial charge in [-0.2, -0.15) is 0 Å². The van der Waals surface area contributed by atoms with Crippen molar-refractivity contribution in [3.05, 3.63) is 40.9 Å². The number of rotatable bonds is 4. The van der Waals surface area contributed by atoms with Gasteiger partial charge in [0.2, 0.25) is 10.0 Å². The van der Waals surface area contributed by atoms with Crippen LogP contribution in [-0.2, 0) is 17.1 Å². The van der Waals surface area contributed by atoms with Gasteiger partial charge in [-0.25, -0.2) is 17.5 Å². The second-order valence-electron chi connectivity index (χ2n) is 7.23. The number of aliphatic hydroxyl groups excluding tert-OH is 1. The number of fused-ring (bicyclic) bond motifs is 1. The minimum absolute atomic E-state index is 0.0209. The molecule has 2 unspecified atom stereocenters. The van der Waals surface area contributed by atoms with E-state index in [1.54, 1.807) is 0 Å². The number of benzene rings is 1. The van der Waals surface area contributed by atoms with Gasteiger partial charge in [-0.3, -0.25) is 4.79 Å². The summed E-state index contributed by atoms with van der Waals surface area (Å²) >= 11 is 5.74. The number of halogens is 2. The first-order valence-electron chi connectivity index (χ1n) is 8.96. The van der Waals surface area contributed by atoms with Crippen LogP contribution in [0.4, 0.5) is 10.1 Å². The van der Waals surface area contributed by atoms with Crippen molar-refractivity contribution in [2.24, 2.45) is 13.0 Å². The largest absolute Gasteiger partial charge is 0.488 e. The lowest BCUT2D eigenvalue weighted by Gasteiger charge is -2.21. The highest BCUT2D eigenvalue weighted by molar-refractivity contribution is 7.89. The summed E-state index contributed by atoms with van der Waals surface area (Å²) in [7, 11) is -2.49. The molecule has 29 heavy (non-hydrogen) atoms. The van der Waals surface area contributed by atoms with Crippen molar-refractivity contribution in [2.75, 3.05) is 11.9 Å². The highest BCUT2D eigenvalue weighted by Gasteiger charge is 2.41. The zero-order valence-electron chi connectivity index (χ0n) is 15.4. The van der Waals surface area contributed by atoms with Gasteiger partial charge in [0.05, 0.1) is 17.2 Å². The van der Waals surface area contributed by atoms with Crippen LogP contribution >= 0.6 is 11.6 Å². The monoisotopic (exact) mass is 443 g/mol. The van der Waals surface area contributed by atoms with Gasteiger partial charge in [-0.15, -0.1) is 0 Å². The first-order valence-corrected chi connectivity index (χ1v) is 10.8. The topological polar surface area (TPSA) is 110 Å². The molecule has 1 saturated carbocycles. The van der Waals surface area contributed by atoms with E-state index < -0.39 is 33.9 Å². The Morgan fingerprint density at radius 2 is 2.17 bits per heavy atom. The number of amides is 1. The van der Waals surface area contributed by atoms with Gasteiger partial charge >= 0.3 is 0 Å². The molecule has 1 amide bonds. The Hall–Kier alpha value is -2.14. The molecule has 0 radical (unpaired) electrons. The van der Waals surface area contributed by atoms with Gasteiger partial charge in [-0.1, -0.05) is 11.6 Å². The molecule has 1 aromatic heterocycles. The molecule has 1 aliphatic carbocycles. The van der Waals surface area contributed by atoms with Crippen molar-refractivity contribution in [1.82, 2.24) is 9.29 Å². The number of hydrogen-bond donors (Lipinski definition) is 3. The minimum atomic E-state index is -4.01. The van der Waals surface area contributed by atoms with Gasteiger partial charge < -0.3 is 19.7 Å². The van der Waals surface area contributed by atoms with Gasteiger partial charge in [0.25, 0.3) is 5.91 Å². The van der Waals surface area contributed by atoms with E-state index in [-0.39, 0.29) is 39.6 Å². The molecule has 11 heteroatoms. The number of ether oxygens (including phenoxy) is 1. The summed E-state index contributed by atoms with van der Waals surface area (Å²) in [4.78, 5) is 12.6. The summed E-state index contributed by atoms with van der Waals surface area (Å²) in [6, 6.07) is 2.88. The average molecular weight is 444 g/mol. The van der Waals surface area contributed by atoms with Crippen LogP contribution < -0.4 is 14.8 Å². The minimum Gasteiger partial charge on any atom is -0.488 e. The molecule has 2 aliphatic rings. The van der Waals surface area contributed by atoms with Crippen molar-refractivity contribution in [1.29, 1.82) is 0 Å². The zero-order valence-corrected chi connectivity index (χ0v) is 16.9. The average Bonchev–Trinajstić information content (AvgIpc) is 3.45. The van der Waals surface area contributed by atoms with Gasteiger partial charge in [0.15, 0.2) is 11.4 Å². The highest BCUT2D eigenvalue weighted by Crippen LogP contribution is 2.37. The number of carbonyl (C=O) groups is 1. The molecule has 0 saturated heterocycles. The molecule has 0 bridgehead atoms. The van der Waals surface area contributed by atoms with Crippen LogP contribution in [0.3, 0.4) is 0 Å². The van der Waals surface area contributed by atoms with Crippen molar-refractivity contribution < 1.29 is 27.4 Å². The fourth-order valence-corrected chi connectivity index (χ4v) is 4.95. The lowest BCUT2D eigenvalue weighted by atomic mass is 10.1. The van der Waals surface area contributed by atoms with Crippen LogP contribution in [-0.4, -0.2) is 42.8 Å². The predicted octanol–water partition coefficient (Wildman–Crippen LogP) is 1.88. The third-order valence-corrected chi connectivity index (χ3v) is 6.79. The van der Waals surface area contributed by atoms with Gasteiger partial charge in [0, 0.05) is 18.9 Å². The summed E-state index contributed by atoms with van der Waals surface area (Å²) in [6.07, 6.45) is 2.08. The molecule has 8 nitrogen and oxygen atoms in total. The third-order valence-electron chi connectivity index (χ3n) is 5.02. The van der Waals surface area contributed by atoms with E-state index in [1.165, 1.54) is 29.9 Å². The maximum absolute atomic E-state index is 13.3. The van der Waals surface area contributed by atoms with Gasteiger partial charge in [0.1, 0.15) is 17.3 Å². The van der Waals surface area contributed by atoms with Crippen molar-refractivity contribution in [3.8, 4) is 5.75 Å². The molecule has 3 N–H and O–H groups in total. The second-order valence-corrected chi connectivity index (χ2v) is 9.32. The Bertz CT molecular complexity index is 1080. The summed E-state index contributed by atoms with van der Waals surface area (Å²) in [5.74, 6) is -1.33. The Balaban J connectivity index is 1.64. The molecule has 0 spiro atoms. The van der Waals surface area contributed by atoms with E-state index >= 15 is 0 Å². The maximum Gasteiger partial charge on any atom is 0.276 e. The van der Waals surface area contributed by atoms with E-state index in [4.69, 9.17) is 16.3 Å². The molecule has 2 aromatic rings. The third kappa shape index (κ3) is 3.85. The lowest BCUT2D eigenvalue weighted by Crippen LogP contribution is -2.46. The highest BCUT2D eigenvalue weighted by atomic mass is 35.5. The molecule has 1 aliphatic heterocycles. The number of hydrogen-bond acceptors (Lipinski definition) is 5. The zero-order chi connectivity index (χ0) is 20.9. The van der Waals surface area contributed by atoms with Crippen LogP contribution in [0.2, 0.25) is 5.02 Å². The normalized spacial score (nSPS) is 21.6. The molecule has 1 fully saturated rings. The van der Waals surface area contributed by atoms with E-state index in [9.17, 15) is 22.7 Å². The Morgan fingerprint density at radius 1 is 1.45 bits per heavy atom. The first kappa shape index (κ1) is 20.1. The Labute approximate surface area is 171 Å². The number of nitrogens with zero attached hydrogens (tertiary/aromatic N) is 1. The second kappa shape index (κ2) is 7.28. The van der Waals surface area contributed by atoms with E-state index in [1.807, 2.05) is 0 Å². The van der Waals surface area contributed by atoms with Crippen LogP contribution in [0.1, 0.15) is 23.3 Å². The van der Waals surface area contributed by atoms with Gasteiger partial charge in [-0.05, 0) is 37.0 Å². The quantitative estimate of drug-likeness (QED) is 0.668. The maximum atomic E-state index is 13.3. The van der Waals surface area contributed by atoms with E-state index in [2.05, 4.69) is 10.0 Å². The summed E-state index contributed by atoms with van der Waals surface area (Å²) in [5.41, 5.74) is 0.223. The fourth-order valence-electron chi connectivity index (χ4n) is 3.34. The summed E-state index contributed by atoms with van der Waals surface area (Å²) in [6.45, 7) is -0.115. The molecule has 4 rings (SSSR count). The smallest absolute Gasteiger partial charge is 0.276 e. The van der Waals surface area contributed by atoms with Crippen molar-refractivity contribution in [2.45, 2.75) is 29.9 Å². The number of nitrogens with one attached hydrogen (secondary N) is 2. The molecule has 2 heterocycles. The predicted molar refractivity (Wildman–Crippen MR) is 103 cm³/mol. The SMILES string of the molecule is Cn1cc2c(c1C(=O)Nc1ccc(F)c(Cl)c1)OCC(C(O)C1CC1)NS2(=O)=O. The number of carbonyl (C=O) groups excluding carboxylic acids is 1. The Kier molecular flexibility index (Phi) is 5.06. The van der Waals surface area contributed by atoms with E-state index in [0.29, 0.717) is 0 Å². The Morgan fingerprint density at radius 3 is 2.83 bits per heavy atom. The molecule has 1 aromatic carbocycles.